The minimum atomic E-state index is -0.502. The fraction of sp³-hybridized carbons (Fsp3) is 0.609. The molecule has 0 saturated carbocycles. The highest BCUT2D eigenvalue weighted by Gasteiger charge is 2.41. The summed E-state index contributed by atoms with van der Waals surface area (Å²) in [5.74, 6) is 0.312. The van der Waals surface area contributed by atoms with E-state index in [9.17, 15) is 14.4 Å². The van der Waals surface area contributed by atoms with Crippen LogP contribution in [0.5, 0.6) is 5.75 Å². The molecule has 1 unspecified atom stereocenters. The van der Waals surface area contributed by atoms with Gasteiger partial charge in [0.1, 0.15) is 23.0 Å². The predicted molar refractivity (Wildman–Crippen MR) is 115 cm³/mol. The maximum absolute atomic E-state index is 12.4. The van der Waals surface area contributed by atoms with Gasteiger partial charge in [0.05, 0.1) is 0 Å². The molecule has 2 saturated heterocycles. The summed E-state index contributed by atoms with van der Waals surface area (Å²) in [6.45, 7) is 6.84. The van der Waals surface area contributed by atoms with Gasteiger partial charge in [0.15, 0.2) is 0 Å². The molecule has 1 spiro atoms. The summed E-state index contributed by atoms with van der Waals surface area (Å²) in [6.07, 6.45) is 3.90. The van der Waals surface area contributed by atoms with Crippen LogP contribution >= 0.6 is 0 Å². The Balaban J connectivity index is 1.39. The lowest BCUT2D eigenvalue weighted by Gasteiger charge is -2.44. The number of nitrogens with zero attached hydrogens (tertiary/aromatic N) is 1. The van der Waals surface area contributed by atoms with Crippen LogP contribution in [0.4, 0.5) is 10.5 Å². The summed E-state index contributed by atoms with van der Waals surface area (Å²) in [7, 11) is 0. The van der Waals surface area contributed by atoms with E-state index in [-0.39, 0.29) is 23.5 Å². The van der Waals surface area contributed by atoms with Crippen LogP contribution in [0, 0.1) is 0 Å². The molecular weight excluding hydrogens is 398 g/mol. The molecule has 1 aromatic rings. The molecule has 8 nitrogen and oxygen atoms in total. The molecule has 0 aliphatic carbocycles. The van der Waals surface area contributed by atoms with Gasteiger partial charge in [0.2, 0.25) is 11.8 Å². The Morgan fingerprint density at radius 1 is 1.19 bits per heavy atom. The number of carbonyl (C=O) groups excluding carboxylic acids is 3. The van der Waals surface area contributed by atoms with E-state index in [1.807, 2.05) is 39.0 Å². The number of hydrogen-bond acceptors (Lipinski definition) is 6. The van der Waals surface area contributed by atoms with Crippen molar-refractivity contribution in [3.63, 3.8) is 0 Å². The first-order valence-electron chi connectivity index (χ1n) is 11.0. The summed E-state index contributed by atoms with van der Waals surface area (Å²) in [6, 6.07) is 5.51. The number of aryl methyl sites for hydroxylation is 1. The predicted octanol–water partition coefficient (Wildman–Crippen LogP) is 3.00. The van der Waals surface area contributed by atoms with Crippen molar-refractivity contribution in [2.45, 2.75) is 76.5 Å². The van der Waals surface area contributed by atoms with Gasteiger partial charge in [-0.2, -0.15) is 0 Å². The van der Waals surface area contributed by atoms with Crippen molar-refractivity contribution in [1.82, 2.24) is 10.2 Å². The average Bonchev–Trinajstić information content (AvgIpc) is 2.69. The van der Waals surface area contributed by atoms with Crippen LogP contribution in [0.2, 0.25) is 0 Å². The van der Waals surface area contributed by atoms with Crippen LogP contribution < -0.4 is 15.4 Å². The molecule has 4 rings (SSSR count). The molecule has 3 heterocycles. The van der Waals surface area contributed by atoms with Crippen LogP contribution in [0.3, 0.4) is 0 Å². The molecule has 3 aliphatic heterocycles. The number of nitrogens with one attached hydrogen (secondary N) is 2. The molecular formula is C23H31N3O5. The summed E-state index contributed by atoms with van der Waals surface area (Å²) in [4.78, 5) is 37.5. The zero-order chi connectivity index (χ0) is 22.2. The Morgan fingerprint density at radius 3 is 2.61 bits per heavy atom. The number of fused-ring (bicyclic) bond motifs is 1. The molecule has 1 atom stereocenters. The smallest absolute Gasteiger partial charge is 0.410 e. The summed E-state index contributed by atoms with van der Waals surface area (Å²) in [5, 5.41) is 5.59. The van der Waals surface area contributed by atoms with Gasteiger partial charge in [0, 0.05) is 44.1 Å². The van der Waals surface area contributed by atoms with Crippen molar-refractivity contribution in [3.8, 4) is 5.75 Å². The summed E-state index contributed by atoms with van der Waals surface area (Å²) in [5.41, 5.74) is 1.17. The summed E-state index contributed by atoms with van der Waals surface area (Å²) >= 11 is 0. The Morgan fingerprint density at radius 2 is 1.94 bits per heavy atom. The third-order valence-corrected chi connectivity index (χ3v) is 6.15. The number of anilines is 1. The minimum absolute atomic E-state index is 0.225. The van der Waals surface area contributed by atoms with Crippen LogP contribution in [0.25, 0.3) is 0 Å². The minimum Gasteiger partial charge on any atom is -0.487 e. The SMILES string of the molecule is CC(C)(C)OC(=O)N1CCC2(CCc3ccc(NC4CCC(=O)NC4=O)cc3O2)CC1. The number of piperidine rings is 2. The number of amides is 3. The summed E-state index contributed by atoms with van der Waals surface area (Å²) < 4.78 is 12.0. The molecule has 2 fully saturated rings. The first-order valence-corrected chi connectivity index (χ1v) is 11.0. The Bertz CT molecular complexity index is 884. The van der Waals surface area contributed by atoms with Gasteiger partial charge in [-0.15, -0.1) is 0 Å². The van der Waals surface area contributed by atoms with Crippen LogP contribution in [0.15, 0.2) is 18.2 Å². The highest BCUT2D eigenvalue weighted by atomic mass is 16.6. The highest BCUT2D eigenvalue weighted by molar-refractivity contribution is 6.01. The van der Waals surface area contributed by atoms with Crippen molar-refractivity contribution in [3.05, 3.63) is 23.8 Å². The highest BCUT2D eigenvalue weighted by Crippen LogP contribution is 2.40. The fourth-order valence-corrected chi connectivity index (χ4v) is 4.40. The monoisotopic (exact) mass is 429 g/mol. The number of benzene rings is 1. The van der Waals surface area contributed by atoms with Gasteiger partial charge in [-0.05, 0) is 51.7 Å². The van der Waals surface area contributed by atoms with E-state index in [2.05, 4.69) is 10.6 Å². The topological polar surface area (TPSA) is 97.0 Å². The Kier molecular flexibility index (Phi) is 5.58. The molecule has 8 heteroatoms. The van der Waals surface area contributed by atoms with Crippen LogP contribution in [-0.2, 0) is 20.7 Å². The average molecular weight is 430 g/mol. The number of ether oxygens (including phenoxy) is 2. The maximum Gasteiger partial charge on any atom is 0.410 e. The van der Waals surface area contributed by atoms with E-state index in [1.54, 1.807) is 4.90 Å². The number of rotatable bonds is 2. The number of likely N-dealkylation sites (tertiary alicyclic amines) is 1. The second-order valence-electron chi connectivity index (χ2n) is 9.72. The van der Waals surface area contributed by atoms with Crippen LogP contribution in [0.1, 0.15) is 58.4 Å². The number of hydrogen-bond donors (Lipinski definition) is 2. The van der Waals surface area contributed by atoms with E-state index in [0.717, 1.165) is 42.7 Å². The second-order valence-corrected chi connectivity index (χ2v) is 9.72. The van der Waals surface area contributed by atoms with Crippen molar-refractivity contribution in [2.24, 2.45) is 0 Å². The van der Waals surface area contributed by atoms with Crippen molar-refractivity contribution in [1.29, 1.82) is 0 Å². The molecule has 1 aromatic carbocycles. The maximum atomic E-state index is 12.4. The van der Waals surface area contributed by atoms with E-state index in [4.69, 9.17) is 9.47 Å². The molecule has 3 aliphatic rings. The zero-order valence-electron chi connectivity index (χ0n) is 18.5. The zero-order valence-corrected chi connectivity index (χ0v) is 18.5. The Hall–Kier alpha value is -2.77. The van der Waals surface area contributed by atoms with Gasteiger partial charge in [-0.1, -0.05) is 6.07 Å². The lowest BCUT2D eigenvalue weighted by molar-refractivity contribution is -0.133. The van der Waals surface area contributed by atoms with Gasteiger partial charge < -0.3 is 19.7 Å². The quantitative estimate of drug-likeness (QED) is 0.702. The lowest BCUT2D eigenvalue weighted by Crippen LogP contribution is -2.52. The van der Waals surface area contributed by atoms with Crippen molar-refractivity contribution >= 4 is 23.6 Å². The molecule has 0 aromatic heterocycles. The molecule has 31 heavy (non-hydrogen) atoms. The molecule has 2 N–H and O–H groups in total. The molecule has 168 valence electrons. The van der Waals surface area contributed by atoms with Gasteiger partial charge in [-0.3, -0.25) is 14.9 Å². The van der Waals surface area contributed by atoms with E-state index in [1.165, 1.54) is 0 Å². The third-order valence-electron chi connectivity index (χ3n) is 6.15. The van der Waals surface area contributed by atoms with Gasteiger partial charge in [0.25, 0.3) is 0 Å². The van der Waals surface area contributed by atoms with Gasteiger partial charge in [-0.25, -0.2) is 4.79 Å². The van der Waals surface area contributed by atoms with E-state index < -0.39 is 11.6 Å². The molecule has 0 bridgehead atoms. The first kappa shape index (κ1) is 21.5. The molecule has 0 radical (unpaired) electrons. The largest absolute Gasteiger partial charge is 0.487 e. The van der Waals surface area contributed by atoms with Gasteiger partial charge >= 0.3 is 6.09 Å². The number of imide groups is 1. The Labute approximate surface area is 182 Å². The lowest BCUT2D eigenvalue weighted by atomic mass is 9.83. The van der Waals surface area contributed by atoms with E-state index >= 15 is 0 Å². The first-order chi connectivity index (χ1) is 14.6. The van der Waals surface area contributed by atoms with E-state index in [0.29, 0.717) is 25.9 Å². The molecule has 3 amide bonds. The fourth-order valence-electron chi connectivity index (χ4n) is 4.40. The second kappa shape index (κ2) is 8.05. The van der Waals surface area contributed by atoms with Crippen molar-refractivity contribution in [2.75, 3.05) is 18.4 Å². The number of carbonyl (C=O) groups is 3. The van der Waals surface area contributed by atoms with Crippen molar-refractivity contribution < 1.29 is 23.9 Å². The normalized spacial score (nSPS) is 22.9. The van der Waals surface area contributed by atoms with Crippen LogP contribution in [-0.4, -0.2) is 53.1 Å². The third kappa shape index (κ3) is 4.94. The standard InChI is InChI=1S/C23H31N3O5/c1-22(2,3)31-21(29)26-12-10-23(11-13-26)9-8-15-4-5-16(14-18(15)30-23)24-17-6-7-19(27)25-20(17)28/h4-5,14,17,24H,6-13H2,1-3H3,(H,25,27,28).